The number of esters is 1. The molecule has 0 aromatic heterocycles. The van der Waals surface area contributed by atoms with Crippen molar-refractivity contribution in [2.75, 3.05) is 11.9 Å². The van der Waals surface area contributed by atoms with Crippen molar-refractivity contribution in [3.63, 3.8) is 0 Å². The quantitative estimate of drug-likeness (QED) is 0.0757. The van der Waals surface area contributed by atoms with Crippen molar-refractivity contribution in [2.45, 2.75) is 102 Å². The van der Waals surface area contributed by atoms with Gasteiger partial charge in [0.15, 0.2) is 6.10 Å². The van der Waals surface area contributed by atoms with E-state index in [-0.39, 0.29) is 31.6 Å². The van der Waals surface area contributed by atoms with Crippen molar-refractivity contribution < 1.29 is 63.8 Å². The van der Waals surface area contributed by atoms with Gasteiger partial charge in [-0.25, -0.2) is 4.79 Å². The fraction of sp³-hybridized carbons (Fsp3) is 0.559. The molecule has 9 atom stereocenters. The number of carbonyl (C=O) groups excluding carboxylic acids is 5. The highest BCUT2D eigenvalue weighted by atomic mass is 16.6. The van der Waals surface area contributed by atoms with E-state index >= 15 is 0 Å². The fourth-order valence-corrected chi connectivity index (χ4v) is 5.96. The minimum atomic E-state index is -1.84. The van der Waals surface area contributed by atoms with Crippen molar-refractivity contribution in [1.29, 1.82) is 0 Å². The first-order valence-electron chi connectivity index (χ1n) is 16.5. The van der Waals surface area contributed by atoms with Crippen LogP contribution in [0.1, 0.15) is 51.7 Å². The van der Waals surface area contributed by atoms with Crippen molar-refractivity contribution >= 4 is 41.3 Å². The zero-order valence-electron chi connectivity index (χ0n) is 28.6. The second kappa shape index (κ2) is 16.6. The number of rotatable bonds is 15. The highest BCUT2D eigenvalue weighted by Crippen LogP contribution is 2.33. The highest BCUT2D eigenvalue weighted by Gasteiger charge is 2.46. The van der Waals surface area contributed by atoms with Crippen molar-refractivity contribution in [2.24, 2.45) is 11.8 Å². The Morgan fingerprint density at radius 3 is 2.29 bits per heavy atom. The molecule has 1 aromatic rings. The predicted octanol–water partition coefficient (Wildman–Crippen LogP) is -1.54. The number of benzene rings is 1. The first-order valence-corrected chi connectivity index (χ1v) is 16.5. The number of hydrogen-bond donors (Lipinski definition) is 8. The second-order valence-corrected chi connectivity index (χ2v) is 13.2. The van der Waals surface area contributed by atoms with Crippen LogP contribution in [-0.2, 0) is 51.3 Å². The molecule has 0 spiro atoms. The molecule has 0 saturated carbocycles. The number of carbonyl (C=O) groups is 6. The number of aryl methyl sites for hydroxylation is 1. The zero-order valence-corrected chi connectivity index (χ0v) is 28.6. The smallest absolute Gasteiger partial charge is 0.335 e. The molecular formula is C34H44N4O13. The summed E-state index contributed by atoms with van der Waals surface area (Å²) in [6, 6.07) is 2.52. The highest BCUT2D eigenvalue weighted by molar-refractivity contribution is 5.98. The third-order valence-electron chi connectivity index (χ3n) is 8.99. The van der Waals surface area contributed by atoms with Gasteiger partial charge in [0.2, 0.25) is 23.6 Å². The van der Waals surface area contributed by atoms with E-state index in [2.05, 4.69) is 21.7 Å². The fourth-order valence-electron chi connectivity index (χ4n) is 5.96. The van der Waals surface area contributed by atoms with Gasteiger partial charge in [-0.3, -0.25) is 24.0 Å². The maximum atomic E-state index is 13.2. The maximum Gasteiger partial charge on any atom is 0.335 e. The summed E-state index contributed by atoms with van der Waals surface area (Å²) in [5.41, 5.74) is 4.91. The van der Waals surface area contributed by atoms with Gasteiger partial charge in [-0.2, -0.15) is 0 Å². The number of carboxylic acids is 1. The first kappa shape index (κ1) is 39.2. The number of ether oxygens (including phenoxy) is 2. The van der Waals surface area contributed by atoms with Crippen LogP contribution in [0.3, 0.4) is 0 Å². The van der Waals surface area contributed by atoms with Gasteiger partial charge in [0.25, 0.3) is 0 Å². The molecule has 0 bridgehead atoms. The molecule has 17 heteroatoms. The van der Waals surface area contributed by atoms with E-state index in [9.17, 15) is 54.3 Å². The Hall–Kier alpha value is -4.64. The van der Waals surface area contributed by atoms with Crippen LogP contribution in [-0.4, -0.2) is 121 Å². The molecule has 4 amide bonds. The normalized spacial score (nSPS) is 26.6. The number of aliphatic hydroxyl groups excluding tert-OH is 4. The number of nitrogens with one attached hydrogen (secondary N) is 3. The standard InChI is InChI=1S/C34H44N4O13/c1-15(2)26(37-24(40)13-38-25(41)12-22(33(38)47)18-5-6-18)32(46)35-16(3)31(45)36-21-9-7-20(14-50-17(4)39)19(11-21)8-10-23-27(42)28(43)29(44)30(51-23)34(48)49/h5,7,9,11,15-16,22-23,26-30,33,42-44,47H,8,10,12-14H2,1-4H3,(H,35,46)(H,36,45)(H,37,40)(H,48,49)/t16-,22?,23-,26-,27-,28+,29-,30-,33?/m0/s1. The molecule has 2 fully saturated rings. The largest absolute Gasteiger partial charge is 0.479 e. The average Bonchev–Trinajstić information content (AvgIpc) is 3.87. The summed E-state index contributed by atoms with van der Waals surface area (Å²) in [4.78, 5) is 75.6. The molecule has 2 saturated heterocycles. The lowest BCUT2D eigenvalue weighted by molar-refractivity contribution is -0.228. The first-order chi connectivity index (χ1) is 24.0. The predicted molar refractivity (Wildman–Crippen MR) is 175 cm³/mol. The minimum Gasteiger partial charge on any atom is -0.479 e. The summed E-state index contributed by atoms with van der Waals surface area (Å²) in [6.07, 6.45) is -7.53. The number of hydrogen-bond acceptors (Lipinski definition) is 12. The van der Waals surface area contributed by atoms with Crippen LogP contribution >= 0.6 is 0 Å². The molecular weight excluding hydrogens is 672 g/mol. The molecule has 2 heterocycles. The molecule has 2 unspecified atom stereocenters. The van der Waals surface area contributed by atoms with E-state index in [0.29, 0.717) is 11.1 Å². The van der Waals surface area contributed by atoms with Gasteiger partial charge in [-0.15, -0.1) is 5.73 Å². The molecule has 278 valence electrons. The number of likely N-dealkylation sites (tertiary alicyclic amines) is 1. The third-order valence-corrected chi connectivity index (χ3v) is 8.99. The molecule has 0 radical (unpaired) electrons. The van der Waals surface area contributed by atoms with Crippen LogP contribution in [0.5, 0.6) is 0 Å². The van der Waals surface area contributed by atoms with Crippen LogP contribution in [0.4, 0.5) is 5.69 Å². The molecule has 4 rings (SSSR count). The van der Waals surface area contributed by atoms with Crippen molar-refractivity contribution in [1.82, 2.24) is 15.5 Å². The van der Waals surface area contributed by atoms with Gasteiger partial charge in [-0.1, -0.05) is 19.9 Å². The lowest BCUT2D eigenvalue weighted by atomic mass is 9.91. The van der Waals surface area contributed by atoms with E-state index in [1.54, 1.807) is 32.1 Å². The van der Waals surface area contributed by atoms with E-state index in [0.717, 1.165) is 10.5 Å². The Morgan fingerprint density at radius 1 is 1.00 bits per heavy atom. The molecule has 2 aliphatic heterocycles. The molecule has 8 N–H and O–H groups in total. The Bertz CT molecular complexity index is 1610. The third kappa shape index (κ3) is 9.78. The van der Waals surface area contributed by atoms with Crippen LogP contribution in [0.2, 0.25) is 0 Å². The van der Waals surface area contributed by atoms with E-state index < -0.39 is 103 Å². The lowest BCUT2D eigenvalue weighted by Crippen LogP contribution is -2.59. The second-order valence-electron chi connectivity index (χ2n) is 13.2. The summed E-state index contributed by atoms with van der Waals surface area (Å²) >= 11 is 0. The number of aliphatic carboxylic acids is 1. The van der Waals surface area contributed by atoms with Gasteiger partial charge in [0.1, 0.15) is 49.8 Å². The summed E-state index contributed by atoms with van der Waals surface area (Å²) in [5.74, 6) is -5.28. The van der Waals surface area contributed by atoms with Gasteiger partial charge >= 0.3 is 11.9 Å². The Labute approximate surface area is 293 Å². The Balaban J connectivity index is 1.38. The topological polar surface area (TPSA) is 261 Å². The summed E-state index contributed by atoms with van der Waals surface area (Å²) in [7, 11) is 0. The van der Waals surface area contributed by atoms with E-state index in [4.69, 9.17) is 9.47 Å². The van der Waals surface area contributed by atoms with Crippen LogP contribution < -0.4 is 16.0 Å². The Morgan fingerprint density at radius 2 is 1.69 bits per heavy atom. The Kier molecular flexibility index (Phi) is 12.7. The summed E-state index contributed by atoms with van der Waals surface area (Å²) in [5, 5.41) is 58.3. The van der Waals surface area contributed by atoms with Crippen LogP contribution in [0.25, 0.3) is 0 Å². The number of anilines is 1. The monoisotopic (exact) mass is 716 g/mol. The summed E-state index contributed by atoms with van der Waals surface area (Å²) < 4.78 is 10.5. The molecule has 51 heavy (non-hydrogen) atoms. The van der Waals surface area contributed by atoms with Gasteiger partial charge in [0.05, 0.1) is 6.10 Å². The minimum absolute atomic E-state index is 0.0191. The number of nitrogens with zero attached hydrogens (tertiary/aromatic N) is 1. The zero-order chi connectivity index (χ0) is 37.7. The molecule has 1 aromatic carbocycles. The molecule has 17 nitrogen and oxygen atoms in total. The van der Waals surface area contributed by atoms with Gasteiger partial charge < -0.3 is 55.9 Å². The van der Waals surface area contributed by atoms with Crippen molar-refractivity contribution in [3.05, 3.63) is 46.7 Å². The van der Waals surface area contributed by atoms with E-state index in [1.807, 2.05) is 0 Å². The SMILES string of the molecule is CC(=O)OCc1ccc(NC(=O)[C@H](C)NC(=O)[C@@H](NC(=O)CN2C(=O)CC(C3=C=C3)C2O)C(C)C)cc1CC[C@@H]1O[C@H](C(=O)O)[C@@H](O)[C@H](O)[C@H]1O. The van der Waals surface area contributed by atoms with Gasteiger partial charge in [0, 0.05) is 30.5 Å². The number of aliphatic hydroxyl groups is 4. The van der Waals surface area contributed by atoms with Crippen LogP contribution in [0.15, 0.2) is 35.6 Å². The van der Waals surface area contributed by atoms with Crippen LogP contribution in [0, 0.1) is 11.8 Å². The number of carboxylic acid groups (broad SMARTS) is 1. The van der Waals surface area contributed by atoms with E-state index in [1.165, 1.54) is 19.9 Å². The maximum absolute atomic E-state index is 13.2. The average molecular weight is 717 g/mol. The molecule has 3 aliphatic rings. The lowest BCUT2D eigenvalue weighted by Gasteiger charge is -2.39. The summed E-state index contributed by atoms with van der Waals surface area (Å²) in [6.45, 7) is 5.44. The van der Waals surface area contributed by atoms with Gasteiger partial charge in [-0.05, 0) is 55.0 Å². The van der Waals surface area contributed by atoms with Crippen molar-refractivity contribution in [3.8, 4) is 0 Å². The molecule has 1 aliphatic carbocycles. The number of amides is 4.